The Bertz CT molecular complexity index is 520. The maximum absolute atomic E-state index is 12.3. The predicted octanol–water partition coefficient (Wildman–Crippen LogP) is -0.287. The molecule has 120 valence electrons. The second-order valence-electron chi connectivity index (χ2n) is 5.54. The molecule has 1 aliphatic heterocycles. The first-order valence-corrected chi connectivity index (χ1v) is 8.35. The average Bonchev–Trinajstić information content (AvgIpc) is 2.42. The average molecular weight is 320 g/mol. The number of ether oxygens (including phenoxy) is 1. The van der Waals surface area contributed by atoms with Gasteiger partial charge in [-0.05, 0) is 32.1 Å². The fraction of sp³-hybridized carbons (Fsp3) is 0.833. The summed E-state index contributed by atoms with van der Waals surface area (Å²) in [7, 11) is -2.55. The van der Waals surface area contributed by atoms with Gasteiger partial charge >= 0.3 is 11.9 Å². The van der Waals surface area contributed by atoms with Gasteiger partial charge in [0.2, 0.25) is 0 Å². The molecule has 0 radical (unpaired) electrons. The summed E-state index contributed by atoms with van der Waals surface area (Å²) in [4.78, 5) is 22.7. The van der Waals surface area contributed by atoms with Gasteiger partial charge in [0.15, 0.2) is 0 Å². The Morgan fingerprint density at radius 3 is 2.24 bits per heavy atom. The number of nitrogens with zero attached hydrogens (tertiary/aromatic N) is 1. The highest BCUT2D eigenvalue weighted by Crippen LogP contribution is 2.33. The number of carboxylic acid groups (broad SMARTS) is 1. The monoisotopic (exact) mass is 320 g/mol. The van der Waals surface area contributed by atoms with E-state index in [1.807, 2.05) is 0 Å². The number of hydrogen-bond acceptors (Lipinski definition) is 5. The lowest BCUT2D eigenvalue weighted by Gasteiger charge is -2.40. The summed E-state index contributed by atoms with van der Waals surface area (Å²) in [5.41, 5.74) is -1.36. The second kappa shape index (κ2) is 5.90. The van der Waals surface area contributed by atoms with Crippen molar-refractivity contribution in [3.8, 4) is 0 Å². The standard InChI is InChI=1S/C12H20N2O6S/c1-20-10(15)9-3-7-14(8-4-9)21(18,19)13-12(11(16)17)5-2-6-12/h9,13H,2-8H2,1H3,(H,16,17). The molecule has 0 aromatic rings. The maximum atomic E-state index is 12.3. The van der Waals surface area contributed by atoms with E-state index >= 15 is 0 Å². The van der Waals surface area contributed by atoms with E-state index < -0.39 is 21.7 Å². The number of hydrogen-bond donors (Lipinski definition) is 2. The summed E-state index contributed by atoms with van der Waals surface area (Å²) >= 11 is 0. The summed E-state index contributed by atoms with van der Waals surface area (Å²) in [6.07, 6.45) is 2.07. The zero-order valence-electron chi connectivity index (χ0n) is 11.9. The normalized spacial score (nSPS) is 23.3. The molecule has 1 saturated carbocycles. The highest BCUT2D eigenvalue weighted by Gasteiger charge is 2.48. The Morgan fingerprint density at radius 1 is 1.29 bits per heavy atom. The van der Waals surface area contributed by atoms with Crippen LogP contribution in [0, 0.1) is 5.92 Å². The Hall–Kier alpha value is -1.19. The van der Waals surface area contributed by atoms with Crippen LogP contribution in [0.25, 0.3) is 0 Å². The SMILES string of the molecule is COC(=O)C1CCN(S(=O)(=O)NC2(C(=O)O)CCC2)CC1. The summed E-state index contributed by atoms with van der Waals surface area (Å²) in [6.45, 7) is 0.371. The number of carbonyl (C=O) groups excluding carboxylic acids is 1. The smallest absolute Gasteiger partial charge is 0.324 e. The van der Waals surface area contributed by atoms with Crippen LogP contribution in [-0.4, -0.2) is 55.5 Å². The van der Waals surface area contributed by atoms with Crippen LogP contribution in [-0.2, 0) is 24.5 Å². The lowest BCUT2D eigenvalue weighted by Crippen LogP contribution is -2.62. The minimum Gasteiger partial charge on any atom is -0.480 e. The van der Waals surface area contributed by atoms with Crippen LogP contribution in [0.3, 0.4) is 0 Å². The van der Waals surface area contributed by atoms with Crippen molar-refractivity contribution in [1.82, 2.24) is 9.03 Å². The zero-order chi connectivity index (χ0) is 15.7. The number of methoxy groups -OCH3 is 1. The van der Waals surface area contributed by atoms with Crippen molar-refractivity contribution < 1.29 is 27.9 Å². The number of carbonyl (C=O) groups is 2. The number of piperidine rings is 1. The molecule has 2 aliphatic rings. The van der Waals surface area contributed by atoms with Crippen molar-refractivity contribution in [2.24, 2.45) is 5.92 Å². The third-order valence-corrected chi connectivity index (χ3v) is 5.96. The van der Waals surface area contributed by atoms with E-state index in [-0.39, 0.29) is 25.0 Å². The summed E-state index contributed by atoms with van der Waals surface area (Å²) in [5.74, 6) is -1.76. The second-order valence-corrected chi connectivity index (χ2v) is 7.22. The predicted molar refractivity (Wildman–Crippen MR) is 72.6 cm³/mol. The Balaban J connectivity index is 1.99. The van der Waals surface area contributed by atoms with Crippen LogP contribution in [0.5, 0.6) is 0 Å². The lowest BCUT2D eigenvalue weighted by molar-refractivity contribution is -0.147. The van der Waals surface area contributed by atoms with Gasteiger partial charge in [0.1, 0.15) is 5.54 Å². The van der Waals surface area contributed by atoms with Gasteiger partial charge in [-0.1, -0.05) is 0 Å². The molecule has 0 amide bonds. The molecule has 1 aliphatic carbocycles. The fourth-order valence-corrected chi connectivity index (χ4v) is 4.31. The first kappa shape index (κ1) is 16.2. The third kappa shape index (κ3) is 3.19. The van der Waals surface area contributed by atoms with E-state index in [2.05, 4.69) is 9.46 Å². The van der Waals surface area contributed by atoms with Crippen molar-refractivity contribution in [3.63, 3.8) is 0 Å². The molecule has 0 atom stereocenters. The van der Waals surface area contributed by atoms with Crippen molar-refractivity contribution in [2.75, 3.05) is 20.2 Å². The molecule has 2 fully saturated rings. The Labute approximate surface area is 123 Å². The zero-order valence-corrected chi connectivity index (χ0v) is 12.7. The highest BCUT2D eigenvalue weighted by atomic mass is 32.2. The molecule has 9 heteroatoms. The third-order valence-electron chi connectivity index (χ3n) is 4.27. The van der Waals surface area contributed by atoms with E-state index in [1.54, 1.807) is 0 Å². The van der Waals surface area contributed by atoms with Gasteiger partial charge in [0.05, 0.1) is 13.0 Å². The molecule has 0 bridgehead atoms. The van der Waals surface area contributed by atoms with Crippen LogP contribution in [0.15, 0.2) is 0 Å². The molecule has 1 saturated heterocycles. The van der Waals surface area contributed by atoms with Gasteiger partial charge in [0.25, 0.3) is 10.2 Å². The molecule has 0 aromatic heterocycles. The topological polar surface area (TPSA) is 113 Å². The Morgan fingerprint density at radius 2 is 1.86 bits per heavy atom. The minimum atomic E-state index is -3.85. The van der Waals surface area contributed by atoms with Gasteiger partial charge < -0.3 is 9.84 Å². The van der Waals surface area contributed by atoms with Gasteiger partial charge in [-0.25, -0.2) is 0 Å². The van der Waals surface area contributed by atoms with E-state index in [4.69, 9.17) is 0 Å². The fourth-order valence-electron chi connectivity index (χ4n) is 2.70. The molecule has 0 aromatic carbocycles. The van der Waals surface area contributed by atoms with Gasteiger partial charge in [-0.3, -0.25) is 9.59 Å². The molecular formula is C12H20N2O6S. The molecule has 1 heterocycles. The van der Waals surface area contributed by atoms with Gasteiger partial charge in [-0.2, -0.15) is 17.4 Å². The van der Waals surface area contributed by atoms with Gasteiger partial charge in [-0.15, -0.1) is 0 Å². The number of esters is 1. The Kier molecular flexibility index (Phi) is 4.54. The molecule has 8 nitrogen and oxygen atoms in total. The van der Waals surface area contributed by atoms with Crippen molar-refractivity contribution in [3.05, 3.63) is 0 Å². The van der Waals surface area contributed by atoms with Gasteiger partial charge in [0, 0.05) is 13.1 Å². The van der Waals surface area contributed by atoms with Crippen molar-refractivity contribution >= 4 is 22.1 Å². The van der Waals surface area contributed by atoms with E-state index in [0.29, 0.717) is 32.1 Å². The number of carboxylic acids is 1. The first-order valence-electron chi connectivity index (χ1n) is 6.91. The maximum Gasteiger partial charge on any atom is 0.324 e. The van der Waals surface area contributed by atoms with Crippen LogP contribution in [0.2, 0.25) is 0 Å². The van der Waals surface area contributed by atoms with E-state index in [0.717, 1.165) is 0 Å². The highest BCUT2D eigenvalue weighted by molar-refractivity contribution is 7.87. The molecule has 0 unspecified atom stereocenters. The molecule has 0 spiro atoms. The molecule has 21 heavy (non-hydrogen) atoms. The van der Waals surface area contributed by atoms with Crippen LogP contribution in [0.4, 0.5) is 0 Å². The van der Waals surface area contributed by atoms with Crippen molar-refractivity contribution in [1.29, 1.82) is 0 Å². The number of aliphatic carboxylic acids is 1. The van der Waals surface area contributed by atoms with Crippen molar-refractivity contribution in [2.45, 2.75) is 37.6 Å². The first-order chi connectivity index (χ1) is 9.81. The molecule has 2 rings (SSSR count). The summed E-state index contributed by atoms with van der Waals surface area (Å²) in [6, 6.07) is 0. The number of nitrogens with one attached hydrogen (secondary N) is 1. The molecule has 2 N–H and O–H groups in total. The van der Waals surface area contributed by atoms with E-state index in [9.17, 15) is 23.1 Å². The van der Waals surface area contributed by atoms with Crippen LogP contribution in [0.1, 0.15) is 32.1 Å². The minimum absolute atomic E-state index is 0.185. The number of rotatable bonds is 5. The summed E-state index contributed by atoms with van der Waals surface area (Å²) < 4.78 is 32.7. The largest absolute Gasteiger partial charge is 0.480 e. The van der Waals surface area contributed by atoms with Crippen LogP contribution < -0.4 is 4.72 Å². The lowest BCUT2D eigenvalue weighted by atomic mass is 9.78. The van der Waals surface area contributed by atoms with E-state index in [1.165, 1.54) is 11.4 Å². The molecular weight excluding hydrogens is 300 g/mol. The van der Waals surface area contributed by atoms with Crippen LogP contribution >= 0.6 is 0 Å². The quantitative estimate of drug-likeness (QED) is 0.673. The summed E-state index contributed by atoms with van der Waals surface area (Å²) in [5, 5.41) is 9.19.